The molecule has 0 radical (unpaired) electrons. The van der Waals surface area contributed by atoms with Crippen LogP contribution in [0.25, 0.3) is 0 Å². The third-order valence-electron chi connectivity index (χ3n) is 4.90. The van der Waals surface area contributed by atoms with Gasteiger partial charge in [-0.1, -0.05) is 12.1 Å². The highest BCUT2D eigenvalue weighted by molar-refractivity contribution is 5.97. The molecule has 2 aromatic carbocycles. The van der Waals surface area contributed by atoms with Gasteiger partial charge < -0.3 is 19.5 Å². The van der Waals surface area contributed by atoms with E-state index in [0.717, 1.165) is 17.9 Å². The van der Waals surface area contributed by atoms with Gasteiger partial charge in [-0.3, -0.25) is 9.69 Å². The third-order valence-corrected chi connectivity index (χ3v) is 4.90. The first-order valence-corrected chi connectivity index (χ1v) is 9.64. The first kappa shape index (κ1) is 20.0. The topological polar surface area (TPSA) is 60.0 Å². The average Bonchev–Trinajstić information content (AvgIpc) is 3.26. The van der Waals surface area contributed by atoms with E-state index in [9.17, 15) is 4.79 Å². The summed E-state index contributed by atoms with van der Waals surface area (Å²) in [5.41, 5.74) is 1.48. The largest absolute Gasteiger partial charge is 0.497 e. The van der Waals surface area contributed by atoms with Crippen LogP contribution in [0.2, 0.25) is 0 Å². The van der Waals surface area contributed by atoms with E-state index in [4.69, 9.17) is 14.2 Å². The second-order valence-corrected chi connectivity index (χ2v) is 6.79. The fourth-order valence-corrected chi connectivity index (χ4v) is 3.27. The van der Waals surface area contributed by atoms with E-state index in [-0.39, 0.29) is 5.91 Å². The molecule has 2 aromatic rings. The summed E-state index contributed by atoms with van der Waals surface area (Å²) >= 11 is 0. The van der Waals surface area contributed by atoms with Crippen molar-refractivity contribution < 1.29 is 19.0 Å². The van der Waals surface area contributed by atoms with Gasteiger partial charge in [-0.2, -0.15) is 0 Å². The Morgan fingerprint density at radius 2 is 1.71 bits per heavy atom. The van der Waals surface area contributed by atoms with Crippen molar-refractivity contribution in [3.8, 4) is 17.2 Å². The number of carbonyl (C=O) groups excluding carboxylic acids is 1. The monoisotopic (exact) mass is 384 g/mol. The molecular formula is C22H28N2O4. The average molecular weight is 384 g/mol. The summed E-state index contributed by atoms with van der Waals surface area (Å²) in [4.78, 5) is 14.9. The molecule has 0 bridgehead atoms. The summed E-state index contributed by atoms with van der Waals surface area (Å²) < 4.78 is 16.3. The molecule has 6 heteroatoms. The molecule has 150 valence electrons. The first-order chi connectivity index (χ1) is 13.7. The lowest BCUT2D eigenvalue weighted by Gasteiger charge is -2.15. The predicted molar refractivity (Wildman–Crippen MR) is 108 cm³/mol. The van der Waals surface area contributed by atoms with Gasteiger partial charge >= 0.3 is 0 Å². The number of nitrogens with one attached hydrogen (secondary N) is 1. The molecule has 0 atom stereocenters. The molecule has 0 unspecified atom stereocenters. The van der Waals surface area contributed by atoms with Crippen molar-refractivity contribution in [2.24, 2.45) is 0 Å². The van der Waals surface area contributed by atoms with Crippen LogP contribution in [-0.4, -0.2) is 51.3 Å². The highest BCUT2D eigenvalue weighted by atomic mass is 16.5. The lowest BCUT2D eigenvalue weighted by atomic mass is 10.1. The van der Waals surface area contributed by atoms with Gasteiger partial charge in [0.1, 0.15) is 23.9 Å². The SMILES string of the molecule is COc1ccc(C(=O)NCc2ccc(OCCN3CCCC3)cc2)c(OC)c1. The summed E-state index contributed by atoms with van der Waals surface area (Å²) in [6, 6.07) is 13.0. The first-order valence-electron chi connectivity index (χ1n) is 9.64. The van der Waals surface area contributed by atoms with Crippen LogP contribution in [0.3, 0.4) is 0 Å². The predicted octanol–water partition coefficient (Wildman–Crippen LogP) is 3.11. The maximum absolute atomic E-state index is 12.5. The summed E-state index contributed by atoms with van der Waals surface area (Å²) in [5.74, 6) is 1.80. The normalized spacial score (nSPS) is 13.9. The van der Waals surface area contributed by atoms with E-state index in [1.807, 2.05) is 24.3 Å². The molecule has 0 saturated carbocycles. The quantitative estimate of drug-likeness (QED) is 0.720. The van der Waals surface area contributed by atoms with Crippen LogP contribution in [0.5, 0.6) is 17.2 Å². The van der Waals surface area contributed by atoms with Crippen molar-refractivity contribution in [1.82, 2.24) is 10.2 Å². The van der Waals surface area contributed by atoms with Gasteiger partial charge in [0.15, 0.2) is 0 Å². The van der Waals surface area contributed by atoms with Crippen molar-refractivity contribution in [3.05, 3.63) is 53.6 Å². The molecular weight excluding hydrogens is 356 g/mol. The van der Waals surface area contributed by atoms with Gasteiger partial charge in [0.2, 0.25) is 0 Å². The maximum Gasteiger partial charge on any atom is 0.255 e. The molecule has 28 heavy (non-hydrogen) atoms. The summed E-state index contributed by atoms with van der Waals surface area (Å²) in [6.45, 7) is 4.47. The maximum atomic E-state index is 12.5. The molecule has 1 N–H and O–H groups in total. The second kappa shape index (κ2) is 9.99. The van der Waals surface area contributed by atoms with Crippen molar-refractivity contribution >= 4 is 5.91 Å². The van der Waals surface area contributed by atoms with Crippen molar-refractivity contribution in [1.29, 1.82) is 0 Å². The van der Waals surface area contributed by atoms with E-state index in [1.54, 1.807) is 25.3 Å². The molecule has 1 amide bonds. The zero-order chi connectivity index (χ0) is 19.8. The highest BCUT2D eigenvalue weighted by Gasteiger charge is 2.13. The second-order valence-electron chi connectivity index (χ2n) is 6.79. The lowest BCUT2D eigenvalue weighted by Crippen LogP contribution is -2.25. The third kappa shape index (κ3) is 5.39. The summed E-state index contributed by atoms with van der Waals surface area (Å²) in [5, 5.41) is 2.92. The molecule has 6 nitrogen and oxygen atoms in total. The summed E-state index contributed by atoms with van der Waals surface area (Å²) in [6.07, 6.45) is 2.59. The fraction of sp³-hybridized carbons (Fsp3) is 0.409. The lowest BCUT2D eigenvalue weighted by molar-refractivity contribution is 0.0948. The van der Waals surface area contributed by atoms with Crippen molar-refractivity contribution in [2.45, 2.75) is 19.4 Å². The smallest absolute Gasteiger partial charge is 0.255 e. The zero-order valence-electron chi connectivity index (χ0n) is 16.6. The van der Waals surface area contributed by atoms with E-state index < -0.39 is 0 Å². The van der Waals surface area contributed by atoms with Crippen molar-refractivity contribution in [2.75, 3.05) is 40.5 Å². The zero-order valence-corrected chi connectivity index (χ0v) is 16.6. The van der Waals surface area contributed by atoms with E-state index in [2.05, 4.69) is 10.2 Å². The van der Waals surface area contributed by atoms with Crippen LogP contribution < -0.4 is 19.5 Å². The molecule has 0 aliphatic carbocycles. The van der Waals surface area contributed by atoms with E-state index in [1.165, 1.54) is 33.0 Å². The Labute approximate surface area is 166 Å². The minimum absolute atomic E-state index is 0.189. The molecule has 1 aliphatic rings. The van der Waals surface area contributed by atoms with E-state index >= 15 is 0 Å². The minimum Gasteiger partial charge on any atom is -0.497 e. The summed E-state index contributed by atoms with van der Waals surface area (Å²) in [7, 11) is 3.11. The molecule has 1 aliphatic heterocycles. The number of methoxy groups -OCH3 is 2. The Balaban J connectivity index is 1.48. The number of hydrogen-bond donors (Lipinski definition) is 1. The van der Waals surface area contributed by atoms with Crippen LogP contribution in [0.4, 0.5) is 0 Å². The molecule has 1 saturated heterocycles. The molecule has 1 heterocycles. The van der Waals surface area contributed by atoms with Gasteiger partial charge in [-0.15, -0.1) is 0 Å². The highest BCUT2D eigenvalue weighted by Crippen LogP contribution is 2.24. The number of rotatable bonds is 9. The van der Waals surface area contributed by atoms with Gasteiger partial charge in [-0.25, -0.2) is 0 Å². The minimum atomic E-state index is -0.189. The van der Waals surface area contributed by atoms with Gasteiger partial charge in [0.05, 0.1) is 19.8 Å². The Morgan fingerprint density at radius 3 is 2.39 bits per heavy atom. The van der Waals surface area contributed by atoms with Crippen LogP contribution in [-0.2, 0) is 6.54 Å². The number of likely N-dealkylation sites (tertiary alicyclic amines) is 1. The van der Waals surface area contributed by atoms with Gasteiger partial charge in [0, 0.05) is 19.2 Å². The Kier molecular flexibility index (Phi) is 7.14. The molecule has 3 rings (SSSR count). The molecule has 1 fully saturated rings. The number of amides is 1. The fourth-order valence-electron chi connectivity index (χ4n) is 3.27. The Morgan fingerprint density at radius 1 is 1.00 bits per heavy atom. The van der Waals surface area contributed by atoms with Crippen molar-refractivity contribution in [3.63, 3.8) is 0 Å². The standard InChI is InChI=1S/C22H28N2O4/c1-26-19-9-10-20(21(15-19)27-2)22(25)23-16-17-5-7-18(8-6-17)28-14-13-24-11-3-4-12-24/h5-10,15H,3-4,11-14,16H2,1-2H3,(H,23,25). The molecule has 0 spiro atoms. The molecule has 0 aromatic heterocycles. The number of ether oxygens (including phenoxy) is 3. The number of nitrogens with zero attached hydrogens (tertiary/aromatic N) is 1. The number of benzene rings is 2. The Bertz CT molecular complexity index is 771. The van der Waals surface area contributed by atoms with Gasteiger partial charge in [-0.05, 0) is 55.8 Å². The number of carbonyl (C=O) groups is 1. The van der Waals surface area contributed by atoms with Crippen LogP contribution in [0.15, 0.2) is 42.5 Å². The van der Waals surface area contributed by atoms with E-state index in [0.29, 0.717) is 30.2 Å². The number of hydrogen-bond acceptors (Lipinski definition) is 5. The Hall–Kier alpha value is -2.73. The van der Waals surface area contributed by atoms with Crippen LogP contribution in [0, 0.1) is 0 Å². The van der Waals surface area contributed by atoms with Crippen LogP contribution in [0.1, 0.15) is 28.8 Å². The van der Waals surface area contributed by atoms with Gasteiger partial charge in [0.25, 0.3) is 5.91 Å². The van der Waals surface area contributed by atoms with Crippen LogP contribution >= 0.6 is 0 Å².